The number of carbonyl (C=O) groups is 1. The van der Waals surface area contributed by atoms with Gasteiger partial charge in [0.25, 0.3) is 0 Å². The van der Waals surface area contributed by atoms with Crippen LogP contribution in [0.5, 0.6) is 0 Å². The number of rotatable bonds is 7. The fourth-order valence-corrected chi connectivity index (χ4v) is 4.19. The number of aromatic amines is 1. The highest BCUT2D eigenvalue weighted by Crippen LogP contribution is 2.26. The van der Waals surface area contributed by atoms with Crippen molar-refractivity contribution in [1.82, 2.24) is 29.8 Å². The maximum atomic E-state index is 12.3. The number of aryl methyl sites for hydroxylation is 1. The predicted octanol–water partition coefficient (Wildman–Crippen LogP) is 3.84. The molecule has 5 aromatic rings. The molecule has 166 valence electrons. The van der Waals surface area contributed by atoms with E-state index in [-0.39, 0.29) is 5.91 Å². The van der Waals surface area contributed by atoms with E-state index in [0.29, 0.717) is 47.9 Å². The van der Waals surface area contributed by atoms with Gasteiger partial charge in [0.2, 0.25) is 5.91 Å². The molecule has 0 spiro atoms. The van der Waals surface area contributed by atoms with Gasteiger partial charge in [-0.1, -0.05) is 41.9 Å². The summed E-state index contributed by atoms with van der Waals surface area (Å²) in [4.78, 5) is 28.4. The molecule has 0 saturated heterocycles. The maximum absolute atomic E-state index is 12.3. The number of anilines is 1. The molecule has 3 heterocycles. The van der Waals surface area contributed by atoms with Gasteiger partial charge >= 0.3 is 0 Å². The van der Waals surface area contributed by atoms with Gasteiger partial charge in [0.05, 0.1) is 24.9 Å². The monoisotopic (exact) mass is 459 g/mol. The first-order valence-electron chi connectivity index (χ1n) is 10.6. The van der Waals surface area contributed by atoms with E-state index in [9.17, 15) is 4.79 Å². The number of benzene rings is 2. The summed E-state index contributed by atoms with van der Waals surface area (Å²) in [6.07, 6.45) is 4.28. The lowest BCUT2D eigenvalue weighted by molar-refractivity contribution is -0.121. The first-order chi connectivity index (χ1) is 16.1. The normalized spacial score (nSPS) is 11.3. The third kappa shape index (κ3) is 4.51. The molecule has 3 aromatic heterocycles. The number of hydrogen-bond donors (Lipinski definition) is 3. The molecule has 0 aliphatic rings. The number of hydrogen-bond acceptors (Lipinski definition) is 5. The third-order valence-electron chi connectivity index (χ3n) is 5.56. The number of H-pyrrole nitrogens is 1. The second-order valence-corrected chi connectivity index (χ2v) is 8.33. The van der Waals surface area contributed by atoms with Crippen molar-refractivity contribution >= 4 is 45.4 Å². The molecule has 0 aliphatic heterocycles. The summed E-state index contributed by atoms with van der Waals surface area (Å²) in [5.74, 6) is 0.359. The zero-order valence-corrected chi connectivity index (χ0v) is 18.5. The molecule has 8 nitrogen and oxygen atoms in total. The van der Waals surface area contributed by atoms with Crippen LogP contribution in [0.25, 0.3) is 22.1 Å². The molecular weight excluding hydrogens is 438 g/mol. The van der Waals surface area contributed by atoms with Crippen molar-refractivity contribution < 1.29 is 4.79 Å². The van der Waals surface area contributed by atoms with E-state index in [1.807, 2.05) is 53.1 Å². The van der Waals surface area contributed by atoms with Gasteiger partial charge in [-0.3, -0.25) is 4.79 Å². The zero-order valence-electron chi connectivity index (χ0n) is 17.8. The molecule has 0 atom stereocenters. The van der Waals surface area contributed by atoms with E-state index in [2.05, 4.69) is 25.3 Å². The Morgan fingerprint density at radius 2 is 1.97 bits per heavy atom. The maximum Gasteiger partial charge on any atom is 0.220 e. The van der Waals surface area contributed by atoms with Crippen molar-refractivity contribution in [3.8, 4) is 0 Å². The van der Waals surface area contributed by atoms with Gasteiger partial charge in [-0.15, -0.1) is 0 Å². The lowest BCUT2D eigenvalue weighted by Gasteiger charge is -2.07. The van der Waals surface area contributed by atoms with Gasteiger partial charge < -0.3 is 20.6 Å². The molecule has 5 rings (SSSR count). The topological polar surface area (TPSA) is 115 Å². The van der Waals surface area contributed by atoms with Crippen molar-refractivity contribution in [2.24, 2.45) is 0 Å². The Hall–Kier alpha value is -3.91. The number of nitrogens with two attached hydrogens (primary N) is 1. The lowest BCUT2D eigenvalue weighted by Crippen LogP contribution is -2.23. The number of imidazole rings is 1. The minimum Gasteiger partial charge on any atom is -0.382 e. The van der Waals surface area contributed by atoms with Gasteiger partial charge in [-0.25, -0.2) is 15.0 Å². The average molecular weight is 460 g/mol. The van der Waals surface area contributed by atoms with Gasteiger partial charge in [-0.2, -0.15) is 0 Å². The number of fused-ring (bicyclic) bond motifs is 2. The molecule has 1 amide bonds. The minimum absolute atomic E-state index is 0.0120. The Morgan fingerprint density at radius 1 is 1.12 bits per heavy atom. The fraction of sp³-hybridized carbons (Fsp3) is 0.167. The largest absolute Gasteiger partial charge is 0.382 e. The van der Waals surface area contributed by atoms with Crippen molar-refractivity contribution in [3.05, 3.63) is 83.0 Å². The summed E-state index contributed by atoms with van der Waals surface area (Å²) in [6, 6.07) is 15.8. The van der Waals surface area contributed by atoms with E-state index in [1.54, 1.807) is 6.33 Å². The van der Waals surface area contributed by atoms with Crippen LogP contribution in [0.2, 0.25) is 5.02 Å². The van der Waals surface area contributed by atoms with Crippen LogP contribution in [-0.4, -0.2) is 30.4 Å². The summed E-state index contributed by atoms with van der Waals surface area (Å²) in [6.45, 7) is 0.921. The Bertz CT molecular complexity index is 1440. The average Bonchev–Trinajstić information content (AvgIpc) is 3.42. The molecule has 0 unspecified atom stereocenters. The Morgan fingerprint density at radius 3 is 2.82 bits per heavy atom. The molecule has 0 radical (unpaired) electrons. The molecule has 33 heavy (non-hydrogen) atoms. The van der Waals surface area contributed by atoms with Crippen LogP contribution in [0.1, 0.15) is 23.2 Å². The smallest absolute Gasteiger partial charge is 0.220 e. The van der Waals surface area contributed by atoms with E-state index in [1.165, 1.54) is 6.33 Å². The first-order valence-corrected chi connectivity index (χ1v) is 11.0. The van der Waals surface area contributed by atoms with E-state index >= 15 is 0 Å². The molecule has 4 N–H and O–H groups in total. The number of nitrogens with one attached hydrogen (secondary N) is 2. The van der Waals surface area contributed by atoms with Crippen LogP contribution in [0, 0.1) is 0 Å². The molecule has 0 fully saturated rings. The predicted molar refractivity (Wildman–Crippen MR) is 129 cm³/mol. The number of amides is 1. The van der Waals surface area contributed by atoms with Crippen LogP contribution < -0.4 is 11.1 Å². The highest BCUT2D eigenvalue weighted by atomic mass is 35.5. The first kappa shape index (κ1) is 21.0. The van der Waals surface area contributed by atoms with Crippen molar-refractivity contribution in [3.63, 3.8) is 0 Å². The summed E-state index contributed by atoms with van der Waals surface area (Å²) in [5, 5.41) is 4.60. The molecule has 0 saturated carbocycles. The van der Waals surface area contributed by atoms with Crippen LogP contribution in [0.15, 0.2) is 61.2 Å². The standard InChI is InChI=1S/C24H22ClN7O/c25-18-8-16-10-19(11-27-20(33)7-6-15-4-2-1-3-5-15)31-21(16)17(9-18)12-32-14-30-22-23(26)28-13-29-24(22)32/h1-5,8-10,13-14,31H,6-7,11-12H2,(H,27,33)(H2,26,28,29). The van der Waals surface area contributed by atoms with Gasteiger partial charge in [0.15, 0.2) is 11.5 Å². The second-order valence-electron chi connectivity index (χ2n) is 7.89. The Balaban J connectivity index is 1.32. The third-order valence-corrected chi connectivity index (χ3v) is 5.78. The quantitative estimate of drug-likeness (QED) is 0.342. The zero-order chi connectivity index (χ0) is 22.8. The van der Waals surface area contributed by atoms with Crippen molar-refractivity contribution in [2.75, 3.05) is 5.73 Å². The van der Waals surface area contributed by atoms with Crippen LogP contribution in [0.3, 0.4) is 0 Å². The Labute approximate surface area is 194 Å². The molecular formula is C24H22ClN7O. The van der Waals surface area contributed by atoms with E-state index in [0.717, 1.165) is 27.7 Å². The number of nitrogens with zero attached hydrogens (tertiary/aromatic N) is 4. The second kappa shape index (κ2) is 8.91. The van der Waals surface area contributed by atoms with Crippen LogP contribution >= 0.6 is 11.6 Å². The minimum atomic E-state index is 0.0120. The lowest BCUT2D eigenvalue weighted by atomic mass is 10.1. The summed E-state index contributed by atoms with van der Waals surface area (Å²) in [5.41, 5.74) is 11.1. The molecule has 2 aromatic carbocycles. The summed E-state index contributed by atoms with van der Waals surface area (Å²) < 4.78 is 1.91. The number of carbonyl (C=O) groups excluding carboxylic acids is 1. The fourth-order valence-electron chi connectivity index (χ4n) is 3.94. The Kier molecular flexibility index (Phi) is 5.66. The summed E-state index contributed by atoms with van der Waals surface area (Å²) in [7, 11) is 0. The number of aromatic nitrogens is 5. The van der Waals surface area contributed by atoms with E-state index < -0.39 is 0 Å². The van der Waals surface area contributed by atoms with Crippen molar-refractivity contribution in [1.29, 1.82) is 0 Å². The van der Waals surface area contributed by atoms with E-state index in [4.69, 9.17) is 17.3 Å². The highest BCUT2D eigenvalue weighted by molar-refractivity contribution is 6.31. The van der Waals surface area contributed by atoms with Crippen molar-refractivity contribution in [2.45, 2.75) is 25.9 Å². The highest BCUT2D eigenvalue weighted by Gasteiger charge is 2.13. The molecule has 0 aliphatic carbocycles. The molecule has 9 heteroatoms. The molecule has 0 bridgehead atoms. The van der Waals surface area contributed by atoms with Gasteiger partial charge in [-0.05, 0) is 35.7 Å². The van der Waals surface area contributed by atoms with Crippen LogP contribution in [-0.2, 0) is 24.3 Å². The van der Waals surface area contributed by atoms with Gasteiger partial charge in [0.1, 0.15) is 11.8 Å². The number of halogens is 1. The van der Waals surface area contributed by atoms with Crippen LogP contribution in [0.4, 0.5) is 5.82 Å². The SMILES string of the molecule is Nc1ncnc2c1ncn2Cc1cc(Cl)cc2cc(CNC(=O)CCc3ccccc3)[nH]c12. The van der Waals surface area contributed by atoms with Gasteiger partial charge in [0, 0.05) is 22.5 Å². The summed E-state index contributed by atoms with van der Waals surface area (Å²) >= 11 is 6.39. The number of nitrogen functional groups attached to an aromatic ring is 1.